The van der Waals surface area contributed by atoms with Crippen molar-refractivity contribution in [2.75, 3.05) is 18.2 Å². The van der Waals surface area contributed by atoms with E-state index in [0.717, 1.165) is 23.6 Å². The molecule has 0 unspecified atom stereocenters. The topological polar surface area (TPSA) is 32.6 Å². The lowest BCUT2D eigenvalue weighted by molar-refractivity contribution is 0.309. The predicted octanol–water partition coefficient (Wildman–Crippen LogP) is 1.54. The van der Waals surface area contributed by atoms with Gasteiger partial charge < -0.3 is 5.11 Å². The molecule has 0 fully saturated rings. The lowest BCUT2D eigenvalue weighted by Gasteiger charge is -1.97. The average molecular weight is 161 g/mol. The highest BCUT2D eigenvalue weighted by atomic mass is 32.2. The second-order valence-electron chi connectivity index (χ2n) is 1.98. The Labute approximate surface area is 66.7 Å². The zero-order chi connectivity index (χ0) is 7.82. The highest BCUT2D eigenvalue weighted by Gasteiger charge is 1.89. The fourth-order valence-electron chi connectivity index (χ4n) is 0.564. The van der Waals surface area contributed by atoms with Crippen LogP contribution in [0.25, 0.3) is 0 Å². The molecule has 0 aliphatic rings. The van der Waals surface area contributed by atoms with Crippen LogP contribution in [0.5, 0.6) is 0 Å². The largest absolute Gasteiger partial charge is 0.375 e. The van der Waals surface area contributed by atoms with Crippen molar-refractivity contribution in [3.8, 4) is 0 Å². The van der Waals surface area contributed by atoms with E-state index in [0.29, 0.717) is 0 Å². The summed E-state index contributed by atoms with van der Waals surface area (Å²) in [6.45, 7) is 4.03. The Hall–Kier alpha value is -0.0200. The Kier molecular flexibility index (Phi) is 7.08. The molecule has 0 rings (SSSR count). The van der Waals surface area contributed by atoms with Gasteiger partial charge in [-0.25, -0.2) is 0 Å². The maximum Gasteiger partial charge on any atom is 0.134 e. The van der Waals surface area contributed by atoms with Gasteiger partial charge in [-0.1, -0.05) is 6.92 Å². The summed E-state index contributed by atoms with van der Waals surface area (Å²) in [5.74, 6) is 2.28. The maximum atomic E-state index is 8.40. The zero-order valence-corrected chi connectivity index (χ0v) is 7.45. The van der Waals surface area contributed by atoms with Crippen LogP contribution in [-0.4, -0.2) is 29.1 Å². The van der Waals surface area contributed by atoms with Crippen molar-refractivity contribution >= 4 is 17.5 Å². The van der Waals surface area contributed by atoms with E-state index >= 15 is 0 Å². The molecule has 1 N–H and O–H groups in total. The van der Waals surface area contributed by atoms with E-state index in [1.807, 2.05) is 18.7 Å². The van der Waals surface area contributed by atoms with E-state index in [1.54, 1.807) is 0 Å². The second-order valence-corrected chi connectivity index (χ2v) is 3.38. The van der Waals surface area contributed by atoms with Crippen molar-refractivity contribution in [3.05, 3.63) is 0 Å². The van der Waals surface area contributed by atoms with E-state index in [2.05, 4.69) is 11.9 Å². The molecule has 0 aromatic heterocycles. The van der Waals surface area contributed by atoms with Gasteiger partial charge in [-0.15, -0.1) is 0 Å². The first-order valence-corrected chi connectivity index (χ1v) is 4.65. The molecular formula is C7H15NOS. The summed E-state index contributed by atoms with van der Waals surface area (Å²) >= 11 is 1.90. The van der Waals surface area contributed by atoms with Crippen LogP contribution in [0.3, 0.4) is 0 Å². The number of hydrogen-bond acceptors (Lipinski definition) is 3. The molecule has 0 aliphatic carbocycles. The van der Waals surface area contributed by atoms with Crippen LogP contribution < -0.4 is 0 Å². The molecule has 60 valence electrons. The molecule has 10 heavy (non-hydrogen) atoms. The number of aliphatic hydroxyl groups excluding tert-OH is 1. The summed E-state index contributed by atoms with van der Waals surface area (Å²) in [7, 11) is 0. The van der Waals surface area contributed by atoms with Gasteiger partial charge in [0.1, 0.15) is 6.73 Å². The van der Waals surface area contributed by atoms with Crippen LogP contribution >= 0.6 is 11.8 Å². The molecule has 0 spiro atoms. The van der Waals surface area contributed by atoms with E-state index in [9.17, 15) is 0 Å². The summed E-state index contributed by atoms with van der Waals surface area (Å²) in [4.78, 5) is 3.86. The summed E-state index contributed by atoms with van der Waals surface area (Å²) in [5.41, 5.74) is 1.04. The van der Waals surface area contributed by atoms with Crippen molar-refractivity contribution in [3.63, 3.8) is 0 Å². The Balaban J connectivity index is 3.21. The lowest BCUT2D eigenvalue weighted by Crippen LogP contribution is -1.95. The van der Waals surface area contributed by atoms with Crippen molar-refractivity contribution in [1.82, 2.24) is 0 Å². The summed E-state index contributed by atoms with van der Waals surface area (Å²) in [6, 6.07) is 0. The van der Waals surface area contributed by atoms with Gasteiger partial charge in [0.25, 0.3) is 0 Å². The minimum atomic E-state index is -0.0668. The van der Waals surface area contributed by atoms with Crippen molar-refractivity contribution < 1.29 is 5.11 Å². The molecule has 0 aromatic rings. The van der Waals surface area contributed by atoms with Crippen molar-refractivity contribution in [2.24, 2.45) is 4.99 Å². The van der Waals surface area contributed by atoms with Crippen LogP contribution in [0.2, 0.25) is 0 Å². The first-order valence-electron chi connectivity index (χ1n) is 3.49. The van der Waals surface area contributed by atoms with Crippen LogP contribution in [-0.2, 0) is 0 Å². The number of hydrogen-bond donors (Lipinski definition) is 1. The fraction of sp³-hybridized carbons (Fsp3) is 0.857. The quantitative estimate of drug-likeness (QED) is 0.490. The number of thioether (sulfide) groups is 1. The van der Waals surface area contributed by atoms with Crippen LogP contribution in [0.1, 0.15) is 20.3 Å². The molecule has 0 aliphatic heterocycles. The number of nitrogens with zero attached hydrogens (tertiary/aromatic N) is 1. The molecule has 0 radical (unpaired) electrons. The molecule has 0 saturated heterocycles. The minimum absolute atomic E-state index is 0.0668. The third kappa shape index (κ3) is 6.11. The van der Waals surface area contributed by atoms with Gasteiger partial charge in [-0.3, -0.25) is 4.99 Å². The molecule has 0 atom stereocenters. The van der Waals surface area contributed by atoms with Gasteiger partial charge in [0.15, 0.2) is 0 Å². The Morgan fingerprint density at radius 2 is 2.30 bits per heavy atom. The third-order valence-corrected chi connectivity index (χ3v) is 2.05. The summed E-state index contributed by atoms with van der Waals surface area (Å²) in [6.07, 6.45) is 0.999. The molecule has 0 amide bonds. The second kappa shape index (κ2) is 7.09. The monoisotopic (exact) mass is 161 g/mol. The van der Waals surface area contributed by atoms with Crippen LogP contribution in [0.15, 0.2) is 4.99 Å². The number of aliphatic hydroxyl groups is 1. The molecular weight excluding hydrogens is 146 g/mol. The van der Waals surface area contributed by atoms with Gasteiger partial charge >= 0.3 is 0 Å². The minimum Gasteiger partial charge on any atom is -0.375 e. The number of aliphatic imine (C=N–C) groups is 1. The van der Waals surface area contributed by atoms with E-state index in [-0.39, 0.29) is 6.73 Å². The van der Waals surface area contributed by atoms with Crippen LogP contribution in [0.4, 0.5) is 0 Å². The zero-order valence-electron chi connectivity index (χ0n) is 6.63. The van der Waals surface area contributed by atoms with Gasteiger partial charge in [-0.05, 0) is 24.9 Å². The Morgan fingerprint density at radius 1 is 1.60 bits per heavy atom. The van der Waals surface area contributed by atoms with Gasteiger partial charge in [0, 0.05) is 5.71 Å². The molecule has 0 aromatic carbocycles. The summed E-state index contributed by atoms with van der Waals surface area (Å²) in [5, 5.41) is 8.40. The highest BCUT2D eigenvalue weighted by Crippen LogP contribution is 2.01. The van der Waals surface area contributed by atoms with Crippen LogP contribution in [0, 0.1) is 0 Å². The summed E-state index contributed by atoms with van der Waals surface area (Å²) < 4.78 is 0. The van der Waals surface area contributed by atoms with Gasteiger partial charge in [0.2, 0.25) is 0 Å². The number of rotatable bonds is 5. The first kappa shape index (κ1) is 9.98. The highest BCUT2D eigenvalue weighted by molar-refractivity contribution is 7.99. The molecule has 3 heteroatoms. The molecule has 2 nitrogen and oxygen atoms in total. The van der Waals surface area contributed by atoms with Crippen molar-refractivity contribution in [1.29, 1.82) is 0 Å². The Bertz CT molecular complexity index is 104. The van der Waals surface area contributed by atoms with E-state index in [1.165, 1.54) is 0 Å². The van der Waals surface area contributed by atoms with E-state index in [4.69, 9.17) is 5.11 Å². The van der Waals surface area contributed by atoms with Gasteiger partial charge in [0.05, 0.1) is 0 Å². The third-order valence-electron chi connectivity index (χ3n) is 1.15. The normalized spacial score (nSPS) is 12.1. The fourth-order valence-corrected chi connectivity index (χ4v) is 1.29. The average Bonchev–Trinajstić information content (AvgIpc) is 1.89. The predicted molar refractivity (Wildman–Crippen MR) is 47.8 cm³/mol. The standard InChI is InChI=1S/C7H15NOS/c1-3-10-5-4-7(2)8-6-9/h9H,3-6H2,1-2H3. The van der Waals surface area contributed by atoms with E-state index < -0.39 is 0 Å². The smallest absolute Gasteiger partial charge is 0.134 e. The first-order chi connectivity index (χ1) is 4.81. The molecule has 0 saturated carbocycles. The lowest BCUT2D eigenvalue weighted by atomic mass is 10.3. The Morgan fingerprint density at radius 3 is 2.80 bits per heavy atom. The molecule has 0 heterocycles. The molecule has 0 bridgehead atoms. The maximum absolute atomic E-state index is 8.40. The SMILES string of the molecule is CCSCCC(C)=NCO. The van der Waals surface area contributed by atoms with Gasteiger partial charge in [-0.2, -0.15) is 11.8 Å². The van der Waals surface area contributed by atoms with Crippen molar-refractivity contribution in [2.45, 2.75) is 20.3 Å².